The Hall–Kier alpha value is -4.14. The first-order valence-electron chi connectivity index (χ1n) is 10.8. The van der Waals surface area contributed by atoms with Crippen LogP contribution in [0, 0.1) is 0 Å². The molecule has 9 heteroatoms. The van der Waals surface area contributed by atoms with Crippen LogP contribution >= 0.6 is 0 Å². The van der Waals surface area contributed by atoms with Gasteiger partial charge in [-0.1, -0.05) is 35.4 Å². The number of fused-ring (bicyclic) bond motifs is 2. The van der Waals surface area contributed by atoms with Crippen molar-refractivity contribution in [2.75, 3.05) is 7.05 Å². The molecule has 1 aromatic heterocycles. The van der Waals surface area contributed by atoms with E-state index in [0.717, 1.165) is 21.4 Å². The lowest BCUT2D eigenvalue weighted by atomic mass is 10.0. The number of nitrogens with one attached hydrogen (secondary N) is 1. The molecule has 4 rings (SSSR count). The molecule has 1 atom stereocenters. The van der Waals surface area contributed by atoms with Crippen LogP contribution in [0.2, 0.25) is 0 Å². The number of para-hydroxylation sites is 1. The Morgan fingerprint density at radius 1 is 1.00 bits per heavy atom. The van der Waals surface area contributed by atoms with Gasteiger partial charge in [-0.2, -0.15) is 0 Å². The molecule has 3 amide bonds. The van der Waals surface area contributed by atoms with Gasteiger partial charge in [-0.25, -0.2) is 9.59 Å². The Labute approximate surface area is 196 Å². The molecule has 1 N–H and O–H groups in total. The van der Waals surface area contributed by atoms with E-state index in [0.29, 0.717) is 5.06 Å². The van der Waals surface area contributed by atoms with Crippen LogP contribution in [-0.4, -0.2) is 57.5 Å². The number of hydrogen-bond donors (Lipinski definition) is 1. The van der Waals surface area contributed by atoms with E-state index in [1.807, 2.05) is 24.3 Å². The molecule has 1 unspecified atom stereocenters. The van der Waals surface area contributed by atoms with Crippen LogP contribution in [0.1, 0.15) is 47.1 Å². The molecule has 0 aliphatic carbocycles. The standard InChI is InChI=1S/C25H25N3O6/c1-25(2,3)33-24(32)27(4)20(13-15-14-26-19-12-8-7-9-16(15)19)23(31)34-28-21(29)17-10-5-6-11-18(17)22(28)30/h5-12,14,20,26H,13H2,1-4H3. The van der Waals surface area contributed by atoms with Crippen LogP contribution in [0.5, 0.6) is 0 Å². The van der Waals surface area contributed by atoms with Gasteiger partial charge in [-0.15, -0.1) is 0 Å². The summed E-state index contributed by atoms with van der Waals surface area (Å²) in [6, 6.07) is 12.6. The highest BCUT2D eigenvalue weighted by Gasteiger charge is 2.41. The van der Waals surface area contributed by atoms with Crippen LogP contribution in [0.15, 0.2) is 54.7 Å². The summed E-state index contributed by atoms with van der Waals surface area (Å²) in [7, 11) is 1.41. The first-order valence-corrected chi connectivity index (χ1v) is 10.8. The quantitative estimate of drug-likeness (QED) is 0.578. The molecular formula is C25H25N3O6. The lowest BCUT2D eigenvalue weighted by Gasteiger charge is -2.30. The number of rotatable bonds is 5. The smallest absolute Gasteiger partial charge is 0.410 e. The number of hydroxylamine groups is 2. The number of benzene rings is 2. The molecule has 2 aromatic carbocycles. The summed E-state index contributed by atoms with van der Waals surface area (Å²) in [6.07, 6.45) is 1.08. The molecule has 1 aliphatic heterocycles. The topological polar surface area (TPSA) is 109 Å². The molecule has 176 valence electrons. The molecule has 34 heavy (non-hydrogen) atoms. The number of likely N-dealkylation sites (N-methyl/N-ethyl adjacent to an activating group) is 1. The van der Waals surface area contributed by atoms with Gasteiger partial charge in [0.2, 0.25) is 0 Å². The van der Waals surface area contributed by atoms with E-state index in [1.165, 1.54) is 19.2 Å². The normalized spacial score (nSPS) is 14.2. The van der Waals surface area contributed by atoms with Crippen LogP contribution in [-0.2, 0) is 20.8 Å². The third-order valence-corrected chi connectivity index (χ3v) is 5.45. The summed E-state index contributed by atoms with van der Waals surface area (Å²) in [5.74, 6) is -2.41. The largest absolute Gasteiger partial charge is 0.444 e. The van der Waals surface area contributed by atoms with Crippen molar-refractivity contribution >= 4 is 34.8 Å². The Morgan fingerprint density at radius 2 is 1.59 bits per heavy atom. The molecule has 9 nitrogen and oxygen atoms in total. The van der Waals surface area contributed by atoms with Gasteiger partial charge in [0.1, 0.15) is 11.6 Å². The van der Waals surface area contributed by atoms with Crippen LogP contribution in [0.25, 0.3) is 10.9 Å². The maximum atomic E-state index is 13.3. The number of H-pyrrole nitrogens is 1. The van der Waals surface area contributed by atoms with E-state index >= 15 is 0 Å². The Morgan fingerprint density at radius 3 is 2.21 bits per heavy atom. The van der Waals surface area contributed by atoms with Gasteiger partial charge in [-0.05, 0) is 44.5 Å². The summed E-state index contributed by atoms with van der Waals surface area (Å²) in [6.45, 7) is 5.14. The number of carbonyl (C=O) groups is 4. The fourth-order valence-electron chi connectivity index (χ4n) is 3.75. The van der Waals surface area contributed by atoms with Crippen molar-refractivity contribution in [3.05, 3.63) is 71.4 Å². The van der Waals surface area contributed by atoms with Crippen molar-refractivity contribution in [1.29, 1.82) is 0 Å². The number of hydrogen-bond acceptors (Lipinski definition) is 6. The highest BCUT2D eigenvalue weighted by atomic mass is 16.7. The molecule has 0 bridgehead atoms. The third-order valence-electron chi connectivity index (χ3n) is 5.45. The second-order valence-electron chi connectivity index (χ2n) is 9.03. The summed E-state index contributed by atoms with van der Waals surface area (Å²) in [5, 5.41) is 1.32. The zero-order valence-corrected chi connectivity index (χ0v) is 19.3. The van der Waals surface area contributed by atoms with Gasteiger partial charge in [0, 0.05) is 30.6 Å². The van der Waals surface area contributed by atoms with E-state index in [-0.39, 0.29) is 17.5 Å². The minimum absolute atomic E-state index is 0.0712. The van der Waals surface area contributed by atoms with E-state index in [2.05, 4.69) is 4.98 Å². The maximum absolute atomic E-state index is 13.3. The molecule has 1 aliphatic rings. The van der Waals surface area contributed by atoms with Gasteiger partial charge >= 0.3 is 12.1 Å². The number of nitrogens with zero attached hydrogens (tertiary/aromatic N) is 2. The van der Waals surface area contributed by atoms with Crippen LogP contribution in [0.4, 0.5) is 4.79 Å². The molecule has 0 radical (unpaired) electrons. The number of aromatic amines is 1. The third kappa shape index (κ3) is 4.36. The van der Waals surface area contributed by atoms with Crippen LogP contribution < -0.4 is 0 Å². The van der Waals surface area contributed by atoms with Crippen molar-refractivity contribution in [2.24, 2.45) is 0 Å². The first-order chi connectivity index (χ1) is 16.1. The maximum Gasteiger partial charge on any atom is 0.410 e. The molecule has 0 spiro atoms. The van der Waals surface area contributed by atoms with E-state index in [1.54, 1.807) is 39.1 Å². The molecule has 2 heterocycles. The second kappa shape index (κ2) is 8.66. The molecule has 0 saturated carbocycles. The summed E-state index contributed by atoms with van der Waals surface area (Å²) >= 11 is 0. The molecule has 3 aromatic rings. The zero-order valence-electron chi connectivity index (χ0n) is 19.3. The summed E-state index contributed by atoms with van der Waals surface area (Å²) in [4.78, 5) is 60.9. The van der Waals surface area contributed by atoms with Crippen LogP contribution in [0.3, 0.4) is 0 Å². The lowest BCUT2D eigenvalue weighted by Crippen LogP contribution is -2.49. The minimum Gasteiger partial charge on any atom is -0.444 e. The van der Waals surface area contributed by atoms with Gasteiger partial charge in [0.15, 0.2) is 0 Å². The first kappa shape index (κ1) is 23.0. The average Bonchev–Trinajstić information content (AvgIpc) is 3.30. The zero-order chi connectivity index (χ0) is 24.6. The molecule has 0 fully saturated rings. The Balaban J connectivity index is 1.62. The predicted molar refractivity (Wildman–Crippen MR) is 123 cm³/mol. The average molecular weight is 463 g/mol. The number of amides is 3. The highest BCUT2D eigenvalue weighted by molar-refractivity contribution is 6.21. The van der Waals surface area contributed by atoms with Gasteiger partial charge in [-0.3, -0.25) is 14.5 Å². The van der Waals surface area contributed by atoms with E-state index < -0.39 is 35.5 Å². The second-order valence-corrected chi connectivity index (χ2v) is 9.03. The number of ether oxygens (including phenoxy) is 1. The fraction of sp³-hybridized carbons (Fsp3) is 0.280. The summed E-state index contributed by atoms with van der Waals surface area (Å²) < 4.78 is 5.42. The number of carbonyl (C=O) groups excluding carboxylic acids is 4. The highest BCUT2D eigenvalue weighted by Crippen LogP contribution is 2.25. The van der Waals surface area contributed by atoms with Crippen molar-refractivity contribution in [1.82, 2.24) is 14.9 Å². The minimum atomic E-state index is -1.17. The fourth-order valence-corrected chi connectivity index (χ4v) is 3.75. The van der Waals surface area contributed by atoms with Gasteiger partial charge in [0.25, 0.3) is 11.8 Å². The van der Waals surface area contributed by atoms with Gasteiger partial charge < -0.3 is 14.6 Å². The number of imide groups is 1. The monoisotopic (exact) mass is 463 g/mol. The number of aromatic nitrogens is 1. The van der Waals surface area contributed by atoms with Gasteiger partial charge in [0.05, 0.1) is 11.1 Å². The molecule has 0 saturated heterocycles. The van der Waals surface area contributed by atoms with Crippen molar-refractivity contribution < 1.29 is 28.8 Å². The Bertz CT molecular complexity index is 1250. The van der Waals surface area contributed by atoms with E-state index in [4.69, 9.17) is 9.57 Å². The van der Waals surface area contributed by atoms with Crippen molar-refractivity contribution in [3.8, 4) is 0 Å². The predicted octanol–water partition coefficient (Wildman–Crippen LogP) is 3.70. The van der Waals surface area contributed by atoms with Crippen molar-refractivity contribution in [3.63, 3.8) is 0 Å². The SMILES string of the molecule is CN(C(=O)OC(C)(C)C)C(Cc1c[nH]c2ccccc12)C(=O)ON1C(=O)c2ccccc2C1=O. The molecular weight excluding hydrogens is 438 g/mol. The summed E-state index contributed by atoms with van der Waals surface area (Å²) in [5.41, 5.74) is 1.13. The van der Waals surface area contributed by atoms with Crippen molar-refractivity contribution in [2.45, 2.75) is 38.8 Å². The van der Waals surface area contributed by atoms with E-state index in [9.17, 15) is 19.2 Å². The Kier molecular flexibility index (Phi) is 5.87. The lowest BCUT2D eigenvalue weighted by molar-refractivity contribution is -0.174.